The molecule has 0 fully saturated rings. The predicted octanol–water partition coefficient (Wildman–Crippen LogP) is 5.22. The normalized spacial score (nSPS) is 15.6. The number of aromatic hydroxyl groups is 1. The Hall–Kier alpha value is -3.13. The Balaban J connectivity index is 1.96. The van der Waals surface area contributed by atoms with E-state index in [2.05, 4.69) is 10.6 Å². The molecule has 194 valence electrons. The van der Waals surface area contributed by atoms with Gasteiger partial charge in [-0.1, -0.05) is 43.2 Å². The second-order valence-electron chi connectivity index (χ2n) is 10.4. The summed E-state index contributed by atoms with van der Waals surface area (Å²) in [4.78, 5) is 28.2. The van der Waals surface area contributed by atoms with Crippen LogP contribution < -0.4 is 15.5 Å². The Morgan fingerprint density at radius 1 is 1.25 bits per heavy atom. The third-order valence-corrected chi connectivity index (χ3v) is 6.14. The molecular formula is C28H37N3O4S. The molecule has 1 amide bonds. The van der Waals surface area contributed by atoms with E-state index >= 15 is 0 Å². The second-order valence-corrected chi connectivity index (χ2v) is 10.8. The molecule has 0 spiro atoms. The molecule has 1 aliphatic heterocycles. The molecule has 0 radical (unpaired) electrons. The highest BCUT2D eigenvalue weighted by molar-refractivity contribution is 7.80. The molecule has 3 rings (SSSR count). The van der Waals surface area contributed by atoms with Crippen LogP contribution >= 0.6 is 12.2 Å². The number of aryl methyl sites for hydroxylation is 2. The average Bonchev–Trinajstić information content (AvgIpc) is 2.90. The Morgan fingerprint density at radius 2 is 2.00 bits per heavy atom. The fraction of sp³-hybridized carbons (Fsp3) is 0.464. The minimum atomic E-state index is -0.902. The van der Waals surface area contributed by atoms with Crippen molar-refractivity contribution < 1.29 is 19.4 Å². The number of hydrogen-bond acceptors (Lipinski definition) is 5. The van der Waals surface area contributed by atoms with Gasteiger partial charge in [0, 0.05) is 11.6 Å². The summed E-state index contributed by atoms with van der Waals surface area (Å²) in [6.07, 6.45) is 2.46. The van der Waals surface area contributed by atoms with Gasteiger partial charge in [-0.15, -0.1) is 0 Å². The van der Waals surface area contributed by atoms with Crippen molar-refractivity contribution in [2.75, 3.05) is 16.8 Å². The standard InChI is InChI=1S/C28H37N3O4S/c1-6-7-13-35-26(34)21-12-11-20-15-22(29-27(36)30-28(3,4)5)24(32)16-23(20)31(25(21)33)17-19-10-8-9-18(2)14-19/h8-10,14-16,21,32H,6-7,11-13,17H2,1-5H3,(H2,29,30,36). The van der Waals surface area contributed by atoms with Gasteiger partial charge in [-0.3, -0.25) is 9.59 Å². The number of nitrogens with one attached hydrogen (secondary N) is 2. The van der Waals surface area contributed by atoms with Crippen molar-refractivity contribution in [3.8, 4) is 5.75 Å². The van der Waals surface area contributed by atoms with Crippen molar-refractivity contribution in [2.45, 2.75) is 72.4 Å². The fourth-order valence-corrected chi connectivity index (χ4v) is 4.61. The maximum Gasteiger partial charge on any atom is 0.318 e. The molecule has 0 saturated carbocycles. The van der Waals surface area contributed by atoms with E-state index in [1.807, 2.05) is 65.0 Å². The number of anilines is 2. The van der Waals surface area contributed by atoms with Crippen LogP contribution in [0.2, 0.25) is 0 Å². The van der Waals surface area contributed by atoms with Crippen molar-refractivity contribution in [3.05, 3.63) is 53.1 Å². The number of phenolic OH excluding ortho intramolecular Hbond substituents is 1. The van der Waals surface area contributed by atoms with Gasteiger partial charge in [0.2, 0.25) is 5.91 Å². The van der Waals surface area contributed by atoms with Gasteiger partial charge in [0.05, 0.1) is 24.5 Å². The Morgan fingerprint density at radius 3 is 2.67 bits per heavy atom. The molecule has 1 heterocycles. The first-order valence-corrected chi connectivity index (χ1v) is 12.9. The highest BCUT2D eigenvalue weighted by atomic mass is 32.1. The molecule has 36 heavy (non-hydrogen) atoms. The monoisotopic (exact) mass is 511 g/mol. The van der Waals surface area contributed by atoms with Crippen LogP contribution in [0.25, 0.3) is 0 Å². The summed E-state index contributed by atoms with van der Waals surface area (Å²) < 4.78 is 5.44. The number of carbonyl (C=O) groups is 2. The first kappa shape index (κ1) is 27.5. The molecule has 0 aromatic heterocycles. The molecule has 0 aliphatic carbocycles. The lowest BCUT2D eigenvalue weighted by molar-refractivity contribution is -0.152. The topological polar surface area (TPSA) is 90.9 Å². The SMILES string of the molecule is CCCCOC(=O)C1CCc2cc(NC(=S)NC(C)(C)C)c(O)cc2N(Cc2cccc(C)c2)C1=O. The third kappa shape index (κ3) is 7.20. The van der Waals surface area contributed by atoms with Crippen molar-refractivity contribution in [1.29, 1.82) is 0 Å². The van der Waals surface area contributed by atoms with E-state index in [9.17, 15) is 14.7 Å². The van der Waals surface area contributed by atoms with E-state index in [-0.39, 0.29) is 23.7 Å². The van der Waals surface area contributed by atoms with Crippen LogP contribution in [0.3, 0.4) is 0 Å². The van der Waals surface area contributed by atoms with E-state index in [0.717, 1.165) is 29.5 Å². The van der Waals surface area contributed by atoms with Gasteiger partial charge >= 0.3 is 5.97 Å². The number of thiocarbonyl (C=S) groups is 1. The minimum absolute atomic E-state index is 0.0298. The van der Waals surface area contributed by atoms with Crippen LogP contribution in [0.4, 0.5) is 11.4 Å². The summed E-state index contributed by atoms with van der Waals surface area (Å²) in [5.41, 5.74) is 3.65. The first-order chi connectivity index (χ1) is 17.0. The Labute approximate surface area is 219 Å². The lowest BCUT2D eigenvalue weighted by Crippen LogP contribution is -2.43. The number of esters is 1. The van der Waals surface area contributed by atoms with Gasteiger partial charge in [0.15, 0.2) is 5.11 Å². The van der Waals surface area contributed by atoms with Crippen LogP contribution in [0.15, 0.2) is 36.4 Å². The molecule has 8 heteroatoms. The van der Waals surface area contributed by atoms with E-state index < -0.39 is 11.9 Å². The van der Waals surface area contributed by atoms with E-state index in [4.69, 9.17) is 17.0 Å². The molecule has 1 atom stereocenters. The van der Waals surface area contributed by atoms with E-state index in [0.29, 0.717) is 35.9 Å². The molecule has 3 N–H and O–H groups in total. The third-order valence-electron chi connectivity index (χ3n) is 5.94. The highest BCUT2D eigenvalue weighted by Gasteiger charge is 2.36. The van der Waals surface area contributed by atoms with E-state index in [1.54, 1.807) is 11.0 Å². The Kier molecular flexibility index (Phi) is 8.95. The zero-order chi connectivity index (χ0) is 26.5. The fourth-order valence-electron chi connectivity index (χ4n) is 4.19. The van der Waals surface area contributed by atoms with Gasteiger partial charge in [-0.2, -0.15) is 0 Å². The second kappa shape index (κ2) is 11.7. The molecule has 1 unspecified atom stereocenters. The van der Waals surface area contributed by atoms with Gasteiger partial charge in [0.1, 0.15) is 11.7 Å². The van der Waals surface area contributed by atoms with Crippen molar-refractivity contribution >= 4 is 40.6 Å². The molecule has 0 saturated heterocycles. The van der Waals surface area contributed by atoms with Gasteiger partial charge < -0.3 is 25.4 Å². The molecule has 2 aromatic rings. The van der Waals surface area contributed by atoms with E-state index in [1.165, 1.54) is 0 Å². The predicted molar refractivity (Wildman–Crippen MR) is 147 cm³/mol. The van der Waals surface area contributed by atoms with Crippen LogP contribution in [-0.4, -0.2) is 34.2 Å². The lowest BCUT2D eigenvalue weighted by Gasteiger charge is -2.27. The summed E-state index contributed by atoms with van der Waals surface area (Å²) >= 11 is 5.41. The zero-order valence-electron chi connectivity index (χ0n) is 21.8. The first-order valence-electron chi connectivity index (χ1n) is 12.5. The summed E-state index contributed by atoms with van der Waals surface area (Å²) in [5, 5.41) is 17.5. The molecule has 2 aromatic carbocycles. The smallest absolute Gasteiger partial charge is 0.318 e. The molecule has 1 aliphatic rings. The zero-order valence-corrected chi connectivity index (χ0v) is 22.6. The maximum absolute atomic E-state index is 13.7. The molecule has 0 bridgehead atoms. The number of hydrogen-bond donors (Lipinski definition) is 3. The number of carbonyl (C=O) groups excluding carboxylic acids is 2. The largest absolute Gasteiger partial charge is 0.506 e. The number of unbranched alkanes of at least 4 members (excludes halogenated alkanes) is 1. The number of fused-ring (bicyclic) bond motifs is 1. The summed E-state index contributed by atoms with van der Waals surface area (Å²) in [5.74, 6) is -1.74. The Bertz CT molecular complexity index is 1130. The quantitative estimate of drug-likeness (QED) is 0.154. The van der Waals surface area contributed by atoms with Crippen LogP contribution in [-0.2, 0) is 27.3 Å². The van der Waals surface area contributed by atoms with Crippen LogP contribution in [0.5, 0.6) is 5.75 Å². The average molecular weight is 512 g/mol. The van der Waals surface area contributed by atoms with Crippen molar-refractivity contribution in [1.82, 2.24) is 5.32 Å². The number of rotatable bonds is 7. The number of benzene rings is 2. The molecule has 7 nitrogen and oxygen atoms in total. The number of phenols is 1. The van der Waals surface area contributed by atoms with Gasteiger partial charge in [-0.05, 0) is 76.4 Å². The van der Waals surface area contributed by atoms with Crippen molar-refractivity contribution in [3.63, 3.8) is 0 Å². The summed E-state index contributed by atoms with van der Waals surface area (Å²) in [7, 11) is 0. The van der Waals surface area contributed by atoms with Gasteiger partial charge in [0.25, 0.3) is 0 Å². The summed E-state index contributed by atoms with van der Waals surface area (Å²) in [6.45, 7) is 10.6. The van der Waals surface area contributed by atoms with Gasteiger partial charge in [-0.25, -0.2) is 0 Å². The number of nitrogens with zero attached hydrogens (tertiary/aromatic N) is 1. The summed E-state index contributed by atoms with van der Waals surface area (Å²) in [6, 6.07) is 11.3. The lowest BCUT2D eigenvalue weighted by atomic mass is 10.00. The molecular weight excluding hydrogens is 474 g/mol. The minimum Gasteiger partial charge on any atom is -0.506 e. The van der Waals surface area contributed by atoms with Crippen molar-refractivity contribution in [2.24, 2.45) is 5.92 Å². The number of amides is 1. The number of ether oxygens (including phenoxy) is 1. The highest BCUT2D eigenvalue weighted by Crippen LogP contribution is 2.38. The van der Waals surface area contributed by atoms with Crippen LogP contribution in [0.1, 0.15) is 63.6 Å². The van der Waals surface area contributed by atoms with Crippen LogP contribution in [0, 0.1) is 12.8 Å². The maximum atomic E-state index is 13.7.